The summed E-state index contributed by atoms with van der Waals surface area (Å²) in [6.07, 6.45) is 5.98. The standard InChI is InChI=1S/C28H23N3O2/c32-28(33)26-23-14-12-21-17-30-22(13-11-19-7-3-1-4-8-19)15-24(21)27(23)31-25(26)18-29-16-20-9-5-2-6-10-20/h1-15,17,29-30H,16,18H2,(H,32,33)/b13-11+. The zero-order valence-electron chi connectivity index (χ0n) is 18.0. The van der Waals surface area contributed by atoms with Crippen LogP contribution in [0.15, 0.2) is 85.1 Å². The molecule has 2 heterocycles. The van der Waals surface area contributed by atoms with E-state index in [2.05, 4.69) is 10.3 Å². The molecule has 0 fully saturated rings. The van der Waals surface area contributed by atoms with E-state index in [0.29, 0.717) is 29.7 Å². The van der Waals surface area contributed by atoms with Gasteiger partial charge in [0.15, 0.2) is 0 Å². The Kier molecular flexibility index (Phi) is 5.70. The predicted molar refractivity (Wildman–Crippen MR) is 133 cm³/mol. The van der Waals surface area contributed by atoms with E-state index >= 15 is 0 Å². The van der Waals surface area contributed by atoms with Crippen molar-refractivity contribution in [3.05, 3.63) is 113 Å². The van der Waals surface area contributed by atoms with Crippen LogP contribution in [0.25, 0.3) is 33.8 Å². The highest BCUT2D eigenvalue weighted by Crippen LogP contribution is 2.30. The molecule has 0 spiro atoms. The lowest BCUT2D eigenvalue weighted by molar-refractivity contribution is 0.0697. The molecule has 162 valence electrons. The first kappa shape index (κ1) is 20.7. The van der Waals surface area contributed by atoms with Crippen LogP contribution >= 0.6 is 0 Å². The van der Waals surface area contributed by atoms with E-state index in [1.54, 1.807) is 0 Å². The first-order chi connectivity index (χ1) is 16.2. The highest BCUT2D eigenvalue weighted by Gasteiger charge is 2.20. The zero-order chi connectivity index (χ0) is 22.6. The topological polar surface area (TPSA) is 78.0 Å². The smallest absolute Gasteiger partial charge is 0.338 e. The number of nitrogens with zero attached hydrogens (tertiary/aromatic N) is 1. The number of hydrogen-bond donors (Lipinski definition) is 3. The molecule has 5 nitrogen and oxygen atoms in total. The number of fused-ring (bicyclic) bond motifs is 3. The number of carboxylic acids is 1. The van der Waals surface area contributed by atoms with Crippen molar-refractivity contribution in [2.45, 2.75) is 13.1 Å². The minimum absolute atomic E-state index is 0.265. The lowest BCUT2D eigenvalue weighted by atomic mass is 10.0. The molecule has 0 unspecified atom stereocenters. The van der Waals surface area contributed by atoms with Crippen LogP contribution in [-0.2, 0) is 13.1 Å². The van der Waals surface area contributed by atoms with Gasteiger partial charge in [0.25, 0.3) is 0 Å². The van der Waals surface area contributed by atoms with Gasteiger partial charge in [-0.1, -0.05) is 78.9 Å². The first-order valence-electron chi connectivity index (χ1n) is 10.8. The van der Waals surface area contributed by atoms with Gasteiger partial charge in [-0.3, -0.25) is 0 Å². The number of H-pyrrole nitrogens is 1. The van der Waals surface area contributed by atoms with Gasteiger partial charge < -0.3 is 15.4 Å². The molecule has 0 radical (unpaired) electrons. The highest BCUT2D eigenvalue weighted by atomic mass is 16.4. The van der Waals surface area contributed by atoms with Crippen LogP contribution in [0.4, 0.5) is 0 Å². The van der Waals surface area contributed by atoms with Crippen molar-refractivity contribution in [3.63, 3.8) is 0 Å². The van der Waals surface area contributed by atoms with Crippen molar-refractivity contribution < 1.29 is 9.90 Å². The summed E-state index contributed by atoms with van der Waals surface area (Å²) >= 11 is 0. The normalized spacial score (nSPS) is 11.5. The van der Waals surface area contributed by atoms with E-state index in [0.717, 1.165) is 27.6 Å². The monoisotopic (exact) mass is 433 g/mol. The van der Waals surface area contributed by atoms with Crippen LogP contribution in [0.1, 0.15) is 32.9 Å². The fourth-order valence-electron chi connectivity index (χ4n) is 4.06. The Labute approximate surface area is 191 Å². The summed E-state index contributed by atoms with van der Waals surface area (Å²) in [6, 6.07) is 25.9. The van der Waals surface area contributed by atoms with Crippen molar-refractivity contribution in [3.8, 4) is 0 Å². The SMILES string of the molecule is O=C(O)c1c(CNCc2ccccc2)nc2c1ccc1c[nH]c(/C=C/c3ccccc3)cc12. The molecular weight excluding hydrogens is 410 g/mol. The predicted octanol–water partition coefficient (Wildman–Crippen LogP) is 5.87. The van der Waals surface area contributed by atoms with Gasteiger partial charge in [-0.25, -0.2) is 9.78 Å². The number of carbonyl (C=O) groups is 1. The number of aromatic nitrogens is 2. The number of carboxylic acid groups (broad SMARTS) is 1. The summed E-state index contributed by atoms with van der Waals surface area (Å²) < 4.78 is 0. The average Bonchev–Trinajstić information content (AvgIpc) is 3.23. The molecule has 0 saturated heterocycles. The second kappa shape index (κ2) is 9.10. The minimum atomic E-state index is -0.958. The van der Waals surface area contributed by atoms with Crippen LogP contribution in [0.5, 0.6) is 0 Å². The summed E-state index contributed by atoms with van der Waals surface area (Å²) in [5, 5.41) is 15.8. The summed E-state index contributed by atoms with van der Waals surface area (Å²) in [5.74, 6) is -0.958. The number of aromatic amines is 1. The molecule has 2 aromatic heterocycles. The molecule has 5 aromatic rings. The Hall–Kier alpha value is -4.22. The molecule has 0 aliphatic rings. The maximum absolute atomic E-state index is 12.1. The molecule has 3 N–H and O–H groups in total. The van der Waals surface area contributed by atoms with E-state index in [-0.39, 0.29) is 5.56 Å². The average molecular weight is 434 g/mol. The number of hydrogen-bond acceptors (Lipinski definition) is 3. The second-order valence-corrected chi connectivity index (χ2v) is 7.92. The molecule has 5 rings (SSSR count). The maximum Gasteiger partial charge on any atom is 0.338 e. The van der Waals surface area contributed by atoms with Crippen LogP contribution < -0.4 is 5.32 Å². The number of benzene rings is 3. The number of nitrogens with one attached hydrogen (secondary N) is 2. The first-order valence-corrected chi connectivity index (χ1v) is 10.8. The van der Waals surface area contributed by atoms with Crippen molar-refractivity contribution in [1.29, 1.82) is 0 Å². The van der Waals surface area contributed by atoms with E-state index in [1.807, 2.05) is 97.2 Å². The van der Waals surface area contributed by atoms with Gasteiger partial charge in [0, 0.05) is 35.8 Å². The minimum Gasteiger partial charge on any atom is -0.478 e. The summed E-state index contributed by atoms with van der Waals surface area (Å²) in [4.78, 5) is 20.2. The lowest BCUT2D eigenvalue weighted by Crippen LogP contribution is -2.15. The van der Waals surface area contributed by atoms with E-state index < -0.39 is 5.97 Å². The Bertz CT molecular complexity index is 1450. The Morgan fingerprint density at radius 3 is 2.42 bits per heavy atom. The second-order valence-electron chi connectivity index (χ2n) is 7.92. The molecule has 0 aliphatic heterocycles. The van der Waals surface area contributed by atoms with Gasteiger partial charge in [0.2, 0.25) is 0 Å². The van der Waals surface area contributed by atoms with Crippen molar-refractivity contribution in [2.75, 3.05) is 0 Å². The molecular formula is C28H23N3O2. The van der Waals surface area contributed by atoms with Gasteiger partial charge in [-0.2, -0.15) is 0 Å². The maximum atomic E-state index is 12.1. The van der Waals surface area contributed by atoms with Crippen molar-refractivity contribution >= 4 is 39.8 Å². The molecule has 5 heteroatoms. The Morgan fingerprint density at radius 1 is 0.909 bits per heavy atom. The fraction of sp³-hybridized carbons (Fsp3) is 0.0714. The number of aromatic carboxylic acids is 1. The summed E-state index contributed by atoms with van der Waals surface area (Å²) in [6.45, 7) is 1.03. The van der Waals surface area contributed by atoms with Crippen LogP contribution in [0, 0.1) is 0 Å². The van der Waals surface area contributed by atoms with Crippen molar-refractivity contribution in [2.24, 2.45) is 0 Å². The third-order valence-electron chi connectivity index (χ3n) is 5.68. The summed E-state index contributed by atoms with van der Waals surface area (Å²) in [5.41, 5.74) is 4.70. The fourth-order valence-corrected chi connectivity index (χ4v) is 4.06. The Morgan fingerprint density at radius 2 is 1.67 bits per heavy atom. The zero-order valence-corrected chi connectivity index (χ0v) is 18.0. The van der Waals surface area contributed by atoms with E-state index in [1.165, 1.54) is 0 Å². The van der Waals surface area contributed by atoms with Crippen LogP contribution in [0.3, 0.4) is 0 Å². The molecule has 0 bridgehead atoms. The molecule has 0 amide bonds. The molecule has 33 heavy (non-hydrogen) atoms. The van der Waals surface area contributed by atoms with Crippen molar-refractivity contribution in [1.82, 2.24) is 15.3 Å². The summed E-state index contributed by atoms with van der Waals surface area (Å²) in [7, 11) is 0. The van der Waals surface area contributed by atoms with Gasteiger partial charge >= 0.3 is 5.97 Å². The van der Waals surface area contributed by atoms with E-state index in [9.17, 15) is 9.90 Å². The van der Waals surface area contributed by atoms with Gasteiger partial charge in [0.1, 0.15) is 0 Å². The number of rotatable bonds is 7. The number of pyridine rings is 1. The highest BCUT2D eigenvalue weighted by molar-refractivity contribution is 6.13. The molecule has 0 atom stereocenters. The van der Waals surface area contributed by atoms with Gasteiger partial charge in [-0.05, 0) is 28.7 Å². The van der Waals surface area contributed by atoms with Crippen LogP contribution in [0.2, 0.25) is 0 Å². The van der Waals surface area contributed by atoms with Gasteiger partial charge in [-0.15, -0.1) is 0 Å². The molecule has 0 saturated carbocycles. The Balaban J connectivity index is 1.50. The lowest BCUT2D eigenvalue weighted by Gasteiger charge is -2.04. The van der Waals surface area contributed by atoms with Crippen LogP contribution in [-0.4, -0.2) is 21.0 Å². The largest absolute Gasteiger partial charge is 0.478 e. The molecule has 0 aliphatic carbocycles. The third kappa shape index (κ3) is 4.40. The van der Waals surface area contributed by atoms with Gasteiger partial charge in [0.05, 0.1) is 16.8 Å². The quantitative estimate of drug-likeness (QED) is 0.300. The van der Waals surface area contributed by atoms with E-state index in [4.69, 9.17) is 4.98 Å². The molecule has 3 aromatic carbocycles. The third-order valence-corrected chi connectivity index (χ3v) is 5.68.